The second-order valence-electron chi connectivity index (χ2n) is 14.1. The highest BCUT2D eigenvalue weighted by molar-refractivity contribution is 5.80. The van der Waals surface area contributed by atoms with Crippen molar-refractivity contribution in [2.45, 2.75) is 78.3 Å². The fraction of sp³-hybridized carbons (Fsp3) is 0.579. The van der Waals surface area contributed by atoms with Crippen molar-refractivity contribution in [3.8, 4) is 11.5 Å². The summed E-state index contributed by atoms with van der Waals surface area (Å²) in [5.41, 5.74) is 1.82. The van der Waals surface area contributed by atoms with Crippen LogP contribution < -0.4 is 9.47 Å². The fourth-order valence-electron chi connectivity index (χ4n) is 6.18. The van der Waals surface area contributed by atoms with Gasteiger partial charge in [0.25, 0.3) is 0 Å². The predicted octanol–water partition coefficient (Wildman–Crippen LogP) is 6.70. The Labute approximate surface area is 288 Å². The second kappa shape index (κ2) is 19.9. The molecule has 0 aliphatic rings. The zero-order valence-corrected chi connectivity index (χ0v) is 30.8. The van der Waals surface area contributed by atoms with E-state index in [1.807, 2.05) is 36.4 Å². The van der Waals surface area contributed by atoms with Gasteiger partial charge in [-0.15, -0.1) is 0 Å². The zero-order valence-electron chi connectivity index (χ0n) is 30.8. The molecule has 2 amide bonds. The molecule has 0 aliphatic heterocycles. The van der Waals surface area contributed by atoms with Gasteiger partial charge < -0.3 is 28.2 Å². The third-order valence-electron chi connectivity index (χ3n) is 8.48. The Morgan fingerprint density at radius 3 is 1.27 bits per heavy atom. The normalized spacial score (nSPS) is 13.6. The van der Waals surface area contributed by atoms with Crippen molar-refractivity contribution < 1.29 is 37.6 Å². The molecule has 0 fully saturated rings. The molecule has 0 heterocycles. The van der Waals surface area contributed by atoms with Crippen molar-refractivity contribution in [3.05, 3.63) is 59.7 Å². The van der Waals surface area contributed by atoms with Gasteiger partial charge in [-0.2, -0.15) is 0 Å². The summed E-state index contributed by atoms with van der Waals surface area (Å²) in [5, 5.41) is 0. The number of hydrogen-bond acceptors (Lipinski definition) is 6. The Hall–Kier alpha value is -3.76. The second-order valence-corrected chi connectivity index (χ2v) is 14.1. The molecular formula is C38H60N4O6+2. The van der Waals surface area contributed by atoms with E-state index in [0.29, 0.717) is 59.5 Å². The Kier molecular flexibility index (Phi) is 16.8. The number of benzene rings is 2. The van der Waals surface area contributed by atoms with Crippen molar-refractivity contribution in [1.82, 2.24) is 9.80 Å². The lowest BCUT2D eigenvalue weighted by atomic mass is 10.0. The van der Waals surface area contributed by atoms with Gasteiger partial charge in [0.1, 0.15) is 37.7 Å². The zero-order chi connectivity index (χ0) is 35.7. The van der Waals surface area contributed by atoms with Crippen LogP contribution in [0.1, 0.15) is 76.3 Å². The highest BCUT2D eigenvalue weighted by atomic mass is 16.6. The lowest BCUT2D eigenvalue weighted by Crippen LogP contribution is -2.47. The Morgan fingerprint density at radius 1 is 0.583 bits per heavy atom. The maximum absolute atomic E-state index is 13.1. The Bertz CT molecular complexity index is 1240. The molecule has 48 heavy (non-hydrogen) atoms. The average molecular weight is 669 g/mol. The number of likely N-dealkylation sites (N-methyl/N-ethyl adjacent to an activating group) is 2. The van der Waals surface area contributed by atoms with Gasteiger partial charge >= 0.3 is 12.2 Å². The van der Waals surface area contributed by atoms with Gasteiger partial charge in [-0.05, 0) is 49.9 Å². The van der Waals surface area contributed by atoms with Crippen molar-refractivity contribution in [2.75, 3.05) is 68.5 Å². The molecule has 0 aromatic heterocycles. The predicted molar refractivity (Wildman–Crippen MR) is 190 cm³/mol. The van der Waals surface area contributed by atoms with Crippen LogP contribution in [-0.4, -0.2) is 111 Å². The van der Waals surface area contributed by atoms with Gasteiger partial charge in [0.05, 0.1) is 27.2 Å². The number of carbonyl (C=O) groups excluding carboxylic acids is 4. The highest BCUT2D eigenvalue weighted by Gasteiger charge is 2.28. The first-order valence-electron chi connectivity index (χ1n) is 17.4. The molecule has 10 nitrogen and oxygen atoms in total. The van der Waals surface area contributed by atoms with E-state index < -0.39 is 12.2 Å². The van der Waals surface area contributed by atoms with Crippen molar-refractivity contribution >= 4 is 23.8 Å². The molecule has 2 atom stereocenters. The Morgan fingerprint density at radius 2 is 0.938 bits per heavy atom. The van der Waals surface area contributed by atoms with Crippen molar-refractivity contribution in [1.29, 1.82) is 0 Å². The minimum atomic E-state index is -0.426. The van der Waals surface area contributed by atoms with E-state index in [9.17, 15) is 19.2 Å². The smallest absolute Gasteiger partial charge is 0.410 e. The van der Waals surface area contributed by atoms with Gasteiger partial charge in [0, 0.05) is 52.2 Å². The third kappa shape index (κ3) is 14.2. The molecule has 2 aromatic rings. The van der Waals surface area contributed by atoms with E-state index >= 15 is 0 Å². The first-order chi connectivity index (χ1) is 22.7. The number of Topliss-reactive ketones (excluding diaryl/α,β-unsaturated/α-hetero) is 2. The summed E-state index contributed by atoms with van der Waals surface area (Å²) >= 11 is 0. The minimum absolute atomic E-state index is 0.231. The first kappa shape index (κ1) is 40.4. The lowest BCUT2D eigenvalue weighted by molar-refractivity contribution is -0.915. The Balaban J connectivity index is 1.84. The number of ketones is 2. The van der Waals surface area contributed by atoms with Crippen LogP contribution in [0, 0.1) is 0 Å². The van der Waals surface area contributed by atoms with E-state index in [4.69, 9.17) is 9.47 Å². The van der Waals surface area contributed by atoms with Gasteiger partial charge in [-0.3, -0.25) is 9.59 Å². The summed E-state index contributed by atoms with van der Waals surface area (Å²) in [4.78, 5) is 53.4. The number of amides is 2. The monoisotopic (exact) mass is 668 g/mol. The molecule has 0 saturated carbocycles. The number of unbranched alkanes of at least 4 members (excludes halogenated alkanes) is 3. The maximum atomic E-state index is 13.1. The number of rotatable bonds is 21. The molecule has 0 radical (unpaired) electrons. The molecule has 0 saturated heterocycles. The van der Waals surface area contributed by atoms with Crippen LogP contribution in [0.5, 0.6) is 11.5 Å². The van der Waals surface area contributed by atoms with Crippen LogP contribution in [0.3, 0.4) is 0 Å². The van der Waals surface area contributed by atoms with Crippen LogP contribution in [0.4, 0.5) is 9.59 Å². The molecule has 266 valence electrons. The molecule has 10 heteroatoms. The molecule has 0 spiro atoms. The average Bonchev–Trinajstić information content (AvgIpc) is 3.00. The SMILES string of the molecule is CCC[N+](C)(CC(=O)CCCCCCC(=O)C[N+](C)(CCC)Cc1ccccc1OC(=O)N(C)C)Cc1ccccc1OC(=O)N(C)C. The van der Waals surface area contributed by atoms with Gasteiger partial charge in [0.15, 0.2) is 11.6 Å². The number of carbonyl (C=O) groups is 4. The molecule has 2 rings (SSSR count). The van der Waals surface area contributed by atoms with Crippen LogP contribution >= 0.6 is 0 Å². The molecule has 0 N–H and O–H groups in total. The topological polar surface area (TPSA) is 93.2 Å². The van der Waals surface area contributed by atoms with Gasteiger partial charge in [-0.1, -0.05) is 51.0 Å². The highest BCUT2D eigenvalue weighted by Crippen LogP contribution is 2.25. The molecule has 0 bridgehead atoms. The number of para-hydroxylation sites is 2. The number of quaternary nitrogens is 2. The van der Waals surface area contributed by atoms with Crippen molar-refractivity contribution in [2.24, 2.45) is 0 Å². The van der Waals surface area contributed by atoms with Crippen LogP contribution in [-0.2, 0) is 22.7 Å². The van der Waals surface area contributed by atoms with Gasteiger partial charge in [0.2, 0.25) is 0 Å². The first-order valence-corrected chi connectivity index (χ1v) is 17.4. The van der Waals surface area contributed by atoms with E-state index in [0.717, 1.165) is 62.7 Å². The summed E-state index contributed by atoms with van der Waals surface area (Å²) in [6, 6.07) is 15.1. The van der Waals surface area contributed by atoms with Crippen LogP contribution in [0.2, 0.25) is 0 Å². The number of nitrogens with zero attached hydrogens (tertiary/aromatic N) is 4. The summed E-state index contributed by atoms with van der Waals surface area (Å²) < 4.78 is 12.3. The fourth-order valence-corrected chi connectivity index (χ4v) is 6.18. The summed E-state index contributed by atoms with van der Waals surface area (Å²) in [6.45, 7) is 7.96. The third-order valence-corrected chi connectivity index (χ3v) is 8.48. The van der Waals surface area contributed by atoms with E-state index in [1.165, 1.54) is 9.80 Å². The minimum Gasteiger partial charge on any atom is -0.410 e. The largest absolute Gasteiger partial charge is 0.414 e. The van der Waals surface area contributed by atoms with E-state index in [2.05, 4.69) is 27.9 Å². The summed E-state index contributed by atoms with van der Waals surface area (Å²) in [7, 11) is 10.8. The van der Waals surface area contributed by atoms with E-state index in [-0.39, 0.29) is 11.6 Å². The summed E-state index contributed by atoms with van der Waals surface area (Å²) in [6.07, 6.45) is 5.49. The number of ether oxygens (including phenoxy) is 2. The van der Waals surface area contributed by atoms with Crippen LogP contribution in [0.15, 0.2) is 48.5 Å². The quantitative estimate of drug-likeness (QED) is 0.109. The van der Waals surface area contributed by atoms with Gasteiger partial charge in [-0.25, -0.2) is 9.59 Å². The summed E-state index contributed by atoms with van der Waals surface area (Å²) in [5.74, 6) is 1.52. The molecule has 2 unspecified atom stereocenters. The van der Waals surface area contributed by atoms with Crippen LogP contribution in [0.25, 0.3) is 0 Å². The standard InChI is InChI=1S/C38H60N4O6/c1-9-25-41(7,27-31-19-15-17-23-35(31)47-37(45)39(3)4)29-33(43)21-13-11-12-14-22-34(44)30-42(8,26-10-2)28-32-20-16-18-24-36(32)48-38(46)40(5)6/h15-20,23-24H,9-14,21-22,25-30H2,1-8H3/q+2. The van der Waals surface area contributed by atoms with Crippen molar-refractivity contribution in [3.63, 3.8) is 0 Å². The molecule has 2 aromatic carbocycles. The van der Waals surface area contributed by atoms with E-state index in [1.54, 1.807) is 40.3 Å². The lowest BCUT2D eigenvalue weighted by Gasteiger charge is -2.34. The molecule has 0 aliphatic carbocycles. The number of hydrogen-bond donors (Lipinski definition) is 0. The molecular weight excluding hydrogens is 608 g/mol. The maximum Gasteiger partial charge on any atom is 0.414 e.